The van der Waals surface area contributed by atoms with Gasteiger partial charge in [-0.15, -0.1) is 0 Å². The highest BCUT2D eigenvalue weighted by atomic mass is 16.1. The Morgan fingerprint density at radius 2 is 2.10 bits per heavy atom. The predicted octanol–water partition coefficient (Wildman–Crippen LogP) is 1.31. The third-order valence-corrected chi connectivity index (χ3v) is 3.73. The van der Waals surface area contributed by atoms with Crippen LogP contribution in [-0.4, -0.2) is 38.6 Å². The summed E-state index contributed by atoms with van der Waals surface area (Å²) >= 11 is 0. The van der Waals surface area contributed by atoms with E-state index in [2.05, 4.69) is 16.0 Å². The molecule has 1 aromatic carbocycles. The first kappa shape index (κ1) is 15.0. The summed E-state index contributed by atoms with van der Waals surface area (Å²) in [6, 6.07) is 7.66. The Bertz CT molecular complexity index is 410. The van der Waals surface area contributed by atoms with E-state index in [0.717, 1.165) is 37.7 Å². The van der Waals surface area contributed by atoms with E-state index in [9.17, 15) is 4.79 Å². The van der Waals surface area contributed by atoms with E-state index < -0.39 is 0 Å². The molecule has 4 nitrogen and oxygen atoms in total. The van der Waals surface area contributed by atoms with Gasteiger partial charge in [0.25, 0.3) is 5.91 Å². The van der Waals surface area contributed by atoms with Crippen molar-refractivity contribution in [3.05, 3.63) is 35.4 Å². The van der Waals surface area contributed by atoms with Gasteiger partial charge in [0.05, 0.1) is 0 Å². The minimum atomic E-state index is 0.00568. The standard InChI is InChI=1S/C16H25N3O/c1-13-4-6-15(7-5-13)16(20)19-10-9-18-12-14-3-2-8-17-11-14/h4-7,14,17-18H,2-3,8-12H2,1H3,(H,19,20). The molecule has 0 spiro atoms. The van der Waals surface area contributed by atoms with Crippen LogP contribution in [0.1, 0.15) is 28.8 Å². The zero-order chi connectivity index (χ0) is 14.2. The highest BCUT2D eigenvalue weighted by Crippen LogP contribution is 2.07. The van der Waals surface area contributed by atoms with Crippen LogP contribution in [0.4, 0.5) is 0 Å². The van der Waals surface area contributed by atoms with E-state index in [-0.39, 0.29) is 5.91 Å². The Morgan fingerprint density at radius 3 is 2.80 bits per heavy atom. The van der Waals surface area contributed by atoms with Crippen molar-refractivity contribution in [2.45, 2.75) is 19.8 Å². The van der Waals surface area contributed by atoms with Crippen molar-refractivity contribution >= 4 is 5.91 Å². The second kappa shape index (κ2) is 8.02. The normalized spacial score (nSPS) is 18.8. The number of carbonyl (C=O) groups excluding carboxylic acids is 1. The molecule has 1 amide bonds. The van der Waals surface area contributed by atoms with E-state index in [1.165, 1.54) is 18.4 Å². The van der Waals surface area contributed by atoms with E-state index in [1.54, 1.807) is 0 Å². The summed E-state index contributed by atoms with van der Waals surface area (Å²) in [6.45, 7) is 6.83. The topological polar surface area (TPSA) is 53.2 Å². The molecule has 0 aromatic heterocycles. The number of hydrogen-bond acceptors (Lipinski definition) is 3. The van der Waals surface area contributed by atoms with Crippen molar-refractivity contribution in [1.82, 2.24) is 16.0 Å². The van der Waals surface area contributed by atoms with E-state index in [4.69, 9.17) is 0 Å². The number of rotatable bonds is 6. The van der Waals surface area contributed by atoms with Gasteiger partial charge < -0.3 is 16.0 Å². The first-order valence-corrected chi connectivity index (χ1v) is 7.52. The number of benzene rings is 1. The van der Waals surface area contributed by atoms with Crippen LogP contribution in [0.3, 0.4) is 0 Å². The van der Waals surface area contributed by atoms with E-state index in [0.29, 0.717) is 6.54 Å². The molecule has 1 aliphatic heterocycles. The molecule has 0 saturated carbocycles. The monoisotopic (exact) mass is 275 g/mol. The molecule has 1 heterocycles. The van der Waals surface area contributed by atoms with Crippen molar-refractivity contribution in [3.63, 3.8) is 0 Å². The summed E-state index contributed by atoms with van der Waals surface area (Å²) in [4.78, 5) is 11.9. The molecule has 1 saturated heterocycles. The van der Waals surface area contributed by atoms with Gasteiger partial charge in [-0.25, -0.2) is 0 Å². The number of nitrogens with one attached hydrogen (secondary N) is 3. The highest BCUT2D eigenvalue weighted by molar-refractivity contribution is 5.94. The molecule has 1 aliphatic rings. The van der Waals surface area contributed by atoms with E-state index in [1.807, 2.05) is 31.2 Å². The lowest BCUT2D eigenvalue weighted by molar-refractivity contribution is 0.0954. The van der Waals surface area contributed by atoms with Crippen molar-refractivity contribution in [2.24, 2.45) is 5.92 Å². The molecule has 0 radical (unpaired) electrons. The Kier molecular flexibility index (Phi) is 6.02. The van der Waals surface area contributed by atoms with Gasteiger partial charge in [0.15, 0.2) is 0 Å². The highest BCUT2D eigenvalue weighted by Gasteiger charge is 2.11. The van der Waals surface area contributed by atoms with Gasteiger partial charge in [-0.2, -0.15) is 0 Å². The molecular formula is C16H25N3O. The molecule has 3 N–H and O–H groups in total. The third kappa shape index (κ3) is 4.94. The maximum atomic E-state index is 11.9. The van der Waals surface area contributed by atoms with Crippen LogP contribution in [-0.2, 0) is 0 Å². The zero-order valence-electron chi connectivity index (χ0n) is 12.2. The van der Waals surface area contributed by atoms with Crippen molar-refractivity contribution < 1.29 is 4.79 Å². The van der Waals surface area contributed by atoms with Crippen molar-refractivity contribution in [1.29, 1.82) is 0 Å². The fourth-order valence-electron chi connectivity index (χ4n) is 2.48. The van der Waals surface area contributed by atoms with Crippen molar-refractivity contribution in [2.75, 3.05) is 32.7 Å². The van der Waals surface area contributed by atoms with Gasteiger partial charge >= 0.3 is 0 Å². The molecule has 1 aromatic rings. The quantitative estimate of drug-likeness (QED) is 0.686. The molecule has 1 atom stereocenters. The average Bonchev–Trinajstić information content (AvgIpc) is 2.48. The summed E-state index contributed by atoms with van der Waals surface area (Å²) in [6.07, 6.45) is 2.58. The van der Waals surface area contributed by atoms with Gasteiger partial charge in [-0.1, -0.05) is 17.7 Å². The summed E-state index contributed by atoms with van der Waals surface area (Å²) < 4.78 is 0. The van der Waals surface area contributed by atoms with Gasteiger partial charge in [-0.3, -0.25) is 4.79 Å². The lowest BCUT2D eigenvalue weighted by Crippen LogP contribution is -2.38. The number of piperidine rings is 1. The SMILES string of the molecule is Cc1ccc(C(=O)NCCNCC2CCCNC2)cc1. The first-order chi connectivity index (χ1) is 9.75. The lowest BCUT2D eigenvalue weighted by atomic mass is 10.00. The molecule has 0 bridgehead atoms. The van der Waals surface area contributed by atoms with Crippen LogP contribution in [0.15, 0.2) is 24.3 Å². The second-order valence-electron chi connectivity index (χ2n) is 5.54. The second-order valence-corrected chi connectivity index (χ2v) is 5.54. The number of hydrogen-bond donors (Lipinski definition) is 3. The van der Waals surface area contributed by atoms with Crippen LogP contribution < -0.4 is 16.0 Å². The fraction of sp³-hybridized carbons (Fsp3) is 0.562. The van der Waals surface area contributed by atoms with Crippen LogP contribution in [0.5, 0.6) is 0 Å². The molecule has 2 rings (SSSR count). The van der Waals surface area contributed by atoms with Crippen molar-refractivity contribution in [3.8, 4) is 0 Å². The molecule has 1 unspecified atom stereocenters. The predicted molar refractivity (Wildman–Crippen MR) is 82.0 cm³/mol. The number of carbonyl (C=O) groups is 1. The molecule has 20 heavy (non-hydrogen) atoms. The summed E-state index contributed by atoms with van der Waals surface area (Å²) in [5, 5.41) is 9.77. The summed E-state index contributed by atoms with van der Waals surface area (Å²) in [5.74, 6) is 0.739. The largest absolute Gasteiger partial charge is 0.351 e. The molecule has 0 aliphatic carbocycles. The van der Waals surface area contributed by atoms with Crippen LogP contribution in [0, 0.1) is 12.8 Å². The fourth-order valence-corrected chi connectivity index (χ4v) is 2.48. The summed E-state index contributed by atoms with van der Waals surface area (Å²) in [5.41, 5.74) is 1.90. The lowest BCUT2D eigenvalue weighted by Gasteiger charge is -2.22. The number of amides is 1. The first-order valence-electron chi connectivity index (χ1n) is 7.52. The third-order valence-electron chi connectivity index (χ3n) is 3.73. The van der Waals surface area contributed by atoms with Crippen LogP contribution >= 0.6 is 0 Å². The minimum Gasteiger partial charge on any atom is -0.351 e. The van der Waals surface area contributed by atoms with Gasteiger partial charge in [-0.05, 0) is 57.5 Å². The van der Waals surface area contributed by atoms with Gasteiger partial charge in [0.2, 0.25) is 0 Å². The van der Waals surface area contributed by atoms with E-state index >= 15 is 0 Å². The summed E-state index contributed by atoms with van der Waals surface area (Å²) in [7, 11) is 0. The maximum Gasteiger partial charge on any atom is 0.251 e. The average molecular weight is 275 g/mol. The Morgan fingerprint density at radius 1 is 1.30 bits per heavy atom. The Labute approximate surface area is 121 Å². The maximum absolute atomic E-state index is 11.9. The van der Waals surface area contributed by atoms with Crippen LogP contribution in [0.25, 0.3) is 0 Å². The smallest absolute Gasteiger partial charge is 0.251 e. The Hall–Kier alpha value is -1.39. The number of aryl methyl sites for hydroxylation is 1. The molecule has 1 fully saturated rings. The van der Waals surface area contributed by atoms with Gasteiger partial charge in [0.1, 0.15) is 0 Å². The Balaban J connectivity index is 1.58. The molecular weight excluding hydrogens is 250 g/mol. The van der Waals surface area contributed by atoms with Crippen LogP contribution in [0.2, 0.25) is 0 Å². The minimum absolute atomic E-state index is 0.00568. The molecule has 4 heteroatoms. The molecule has 110 valence electrons. The van der Waals surface area contributed by atoms with Gasteiger partial charge in [0, 0.05) is 18.7 Å². The zero-order valence-corrected chi connectivity index (χ0v) is 12.2.